The number of fused-ring (bicyclic) bond motifs is 1. The molecule has 5 heteroatoms. The van der Waals surface area contributed by atoms with Crippen LogP contribution in [0.3, 0.4) is 0 Å². The zero-order valence-corrected chi connectivity index (χ0v) is 13.0. The number of benzene rings is 2. The monoisotopic (exact) mass is 315 g/mol. The second-order valence-corrected chi connectivity index (χ2v) is 5.61. The topological polar surface area (TPSA) is 51.0 Å². The van der Waals surface area contributed by atoms with Crippen LogP contribution in [0, 0.1) is 5.92 Å². The number of hydrogen-bond acceptors (Lipinski definition) is 4. The van der Waals surface area contributed by atoms with Crippen molar-refractivity contribution in [2.45, 2.75) is 19.4 Å². The summed E-state index contributed by atoms with van der Waals surface area (Å²) in [5, 5.41) is 9.83. The molecular weight excluding hydrogens is 298 g/mol. The van der Waals surface area contributed by atoms with Gasteiger partial charge in [0, 0.05) is 5.56 Å². The van der Waals surface area contributed by atoms with Gasteiger partial charge in [0.2, 0.25) is 11.7 Å². The summed E-state index contributed by atoms with van der Waals surface area (Å²) in [4.78, 5) is 4.51. The smallest absolute Gasteiger partial charge is 0.240 e. The van der Waals surface area contributed by atoms with Gasteiger partial charge in [0.15, 0.2) is 0 Å². The maximum Gasteiger partial charge on any atom is 0.240 e. The lowest BCUT2D eigenvalue weighted by molar-refractivity contribution is 0.367. The third kappa shape index (κ3) is 3.13. The Kier molecular flexibility index (Phi) is 4.41. The van der Waals surface area contributed by atoms with E-state index < -0.39 is 0 Å². The molecule has 1 aromatic heterocycles. The van der Waals surface area contributed by atoms with Crippen molar-refractivity contribution < 1.29 is 4.52 Å². The van der Waals surface area contributed by atoms with Gasteiger partial charge in [-0.25, -0.2) is 0 Å². The van der Waals surface area contributed by atoms with Crippen molar-refractivity contribution >= 4 is 23.2 Å². The van der Waals surface area contributed by atoms with Crippen LogP contribution in [-0.2, 0) is 6.54 Å². The highest BCUT2D eigenvalue weighted by Crippen LogP contribution is 2.28. The Morgan fingerprint density at radius 3 is 2.77 bits per heavy atom. The highest BCUT2D eigenvalue weighted by Gasteiger charge is 2.20. The van der Waals surface area contributed by atoms with Crippen molar-refractivity contribution in [2.24, 2.45) is 5.92 Å². The predicted octanol–water partition coefficient (Wildman–Crippen LogP) is 3.81. The van der Waals surface area contributed by atoms with E-state index >= 15 is 0 Å². The van der Waals surface area contributed by atoms with Crippen LogP contribution in [0.25, 0.3) is 22.2 Å². The van der Waals surface area contributed by atoms with Crippen molar-refractivity contribution in [1.29, 1.82) is 0 Å². The fourth-order valence-corrected chi connectivity index (χ4v) is 2.56. The van der Waals surface area contributed by atoms with Gasteiger partial charge in [0.1, 0.15) is 0 Å². The van der Waals surface area contributed by atoms with Crippen LogP contribution in [0.15, 0.2) is 47.0 Å². The minimum atomic E-state index is 0. The summed E-state index contributed by atoms with van der Waals surface area (Å²) in [6.45, 7) is 1.69. The average Bonchev–Trinajstić information content (AvgIpc) is 3.23. The molecule has 0 amide bonds. The van der Waals surface area contributed by atoms with Crippen molar-refractivity contribution in [3.8, 4) is 11.4 Å². The molecule has 3 aromatic rings. The lowest BCUT2D eigenvalue weighted by atomic mass is 10.0. The molecule has 0 atom stereocenters. The van der Waals surface area contributed by atoms with Gasteiger partial charge in [-0.15, -0.1) is 12.4 Å². The molecule has 1 aliphatic rings. The van der Waals surface area contributed by atoms with E-state index in [0.717, 1.165) is 23.4 Å². The number of rotatable bonds is 5. The van der Waals surface area contributed by atoms with Crippen molar-refractivity contribution in [2.75, 3.05) is 6.54 Å². The molecule has 1 aliphatic carbocycles. The number of hydrogen-bond donors (Lipinski definition) is 1. The summed E-state index contributed by atoms with van der Waals surface area (Å²) in [5.74, 6) is 2.17. The SMILES string of the molecule is Cl.c1ccc2c(-c3noc(CNCC4CC4)n3)cccc2c1. The molecule has 0 unspecified atom stereocenters. The molecule has 0 spiro atoms. The first-order valence-corrected chi connectivity index (χ1v) is 7.41. The highest BCUT2D eigenvalue weighted by molar-refractivity contribution is 5.94. The van der Waals surface area contributed by atoms with Gasteiger partial charge >= 0.3 is 0 Å². The molecule has 1 fully saturated rings. The Balaban J connectivity index is 0.00000144. The van der Waals surface area contributed by atoms with E-state index in [1.54, 1.807) is 0 Å². The fourth-order valence-electron chi connectivity index (χ4n) is 2.56. The van der Waals surface area contributed by atoms with Crippen LogP contribution in [-0.4, -0.2) is 16.7 Å². The van der Waals surface area contributed by atoms with Crippen LogP contribution in [0.2, 0.25) is 0 Å². The molecule has 4 nitrogen and oxygen atoms in total. The van der Waals surface area contributed by atoms with E-state index in [-0.39, 0.29) is 12.4 Å². The molecule has 1 heterocycles. The Hall–Kier alpha value is -1.91. The van der Waals surface area contributed by atoms with Gasteiger partial charge in [0.05, 0.1) is 6.54 Å². The van der Waals surface area contributed by atoms with Crippen molar-refractivity contribution in [3.05, 3.63) is 48.4 Å². The van der Waals surface area contributed by atoms with Crippen LogP contribution in [0.1, 0.15) is 18.7 Å². The summed E-state index contributed by atoms with van der Waals surface area (Å²) in [5.41, 5.74) is 1.02. The van der Waals surface area contributed by atoms with Crippen LogP contribution >= 0.6 is 12.4 Å². The lowest BCUT2D eigenvalue weighted by Crippen LogP contribution is -2.16. The zero-order valence-electron chi connectivity index (χ0n) is 12.2. The molecule has 0 aliphatic heterocycles. The largest absolute Gasteiger partial charge is 0.338 e. The molecule has 4 rings (SSSR count). The summed E-state index contributed by atoms with van der Waals surface area (Å²) in [7, 11) is 0. The maximum atomic E-state index is 5.35. The van der Waals surface area contributed by atoms with E-state index in [1.807, 2.05) is 24.3 Å². The van der Waals surface area contributed by atoms with E-state index in [1.165, 1.54) is 18.2 Å². The van der Waals surface area contributed by atoms with Gasteiger partial charge in [-0.05, 0) is 36.1 Å². The second kappa shape index (κ2) is 6.46. The van der Waals surface area contributed by atoms with E-state index in [0.29, 0.717) is 18.3 Å². The van der Waals surface area contributed by atoms with E-state index in [2.05, 4.69) is 33.7 Å². The molecule has 114 valence electrons. The van der Waals surface area contributed by atoms with Gasteiger partial charge in [-0.2, -0.15) is 4.98 Å². The molecule has 1 saturated carbocycles. The lowest BCUT2D eigenvalue weighted by Gasteiger charge is -2.01. The third-order valence-corrected chi connectivity index (χ3v) is 3.90. The Bertz CT molecular complexity index is 762. The van der Waals surface area contributed by atoms with Gasteiger partial charge in [-0.1, -0.05) is 47.6 Å². The molecule has 22 heavy (non-hydrogen) atoms. The number of aromatic nitrogens is 2. The fraction of sp³-hybridized carbons (Fsp3) is 0.294. The highest BCUT2D eigenvalue weighted by atomic mass is 35.5. The normalized spacial score (nSPS) is 14.0. The Morgan fingerprint density at radius 2 is 1.91 bits per heavy atom. The Morgan fingerprint density at radius 1 is 1.09 bits per heavy atom. The standard InChI is InChI=1S/C17H17N3O.ClH/c1-2-6-14-13(4-1)5-3-7-15(14)17-19-16(21-20-17)11-18-10-12-8-9-12;/h1-7,12,18H,8-11H2;1H. The average molecular weight is 316 g/mol. The summed E-state index contributed by atoms with van der Waals surface area (Å²) < 4.78 is 5.35. The maximum absolute atomic E-state index is 5.35. The molecule has 1 N–H and O–H groups in total. The van der Waals surface area contributed by atoms with E-state index in [4.69, 9.17) is 4.52 Å². The Labute approximate surface area is 135 Å². The number of halogens is 1. The first-order chi connectivity index (χ1) is 10.4. The first-order valence-electron chi connectivity index (χ1n) is 7.41. The van der Waals surface area contributed by atoms with Crippen LogP contribution in [0.5, 0.6) is 0 Å². The van der Waals surface area contributed by atoms with E-state index in [9.17, 15) is 0 Å². The minimum absolute atomic E-state index is 0. The molecule has 0 radical (unpaired) electrons. The van der Waals surface area contributed by atoms with Crippen LogP contribution < -0.4 is 5.32 Å². The van der Waals surface area contributed by atoms with Gasteiger partial charge in [0.25, 0.3) is 0 Å². The quantitative estimate of drug-likeness (QED) is 0.778. The summed E-state index contributed by atoms with van der Waals surface area (Å²) in [6.07, 6.45) is 2.69. The van der Waals surface area contributed by atoms with Crippen molar-refractivity contribution in [3.63, 3.8) is 0 Å². The first kappa shape index (κ1) is 15.0. The van der Waals surface area contributed by atoms with Gasteiger partial charge < -0.3 is 9.84 Å². The van der Waals surface area contributed by atoms with Crippen LogP contribution in [0.4, 0.5) is 0 Å². The molecule has 2 aromatic carbocycles. The van der Waals surface area contributed by atoms with Gasteiger partial charge in [-0.3, -0.25) is 0 Å². The summed E-state index contributed by atoms with van der Waals surface area (Å²) >= 11 is 0. The van der Waals surface area contributed by atoms with Crippen molar-refractivity contribution in [1.82, 2.24) is 15.5 Å². The number of nitrogens with one attached hydrogen (secondary N) is 1. The predicted molar refractivity (Wildman–Crippen MR) is 88.9 cm³/mol. The second-order valence-electron chi connectivity index (χ2n) is 5.61. The third-order valence-electron chi connectivity index (χ3n) is 3.90. The molecular formula is C17H18ClN3O. The summed E-state index contributed by atoms with van der Waals surface area (Å²) in [6, 6.07) is 14.4. The molecule has 0 saturated heterocycles. The zero-order chi connectivity index (χ0) is 14.1. The minimum Gasteiger partial charge on any atom is -0.338 e. The molecule has 0 bridgehead atoms. The number of nitrogens with zero attached hydrogens (tertiary/aromatic N) is 2.